The quantitative estimate of drug-likeness (QED) is 0.0993. The molecule has 3 amide bonds. The van der Waals surface area contributed by atoms with E-state index in [9.17, 15) is 18.8 Å². The lowest BCUT2D eigenvalue weighted by Gasteiger charge is -2.12. The molecule has 8 nitrogen and oxygen atoms in total. The summed E-state index contributed by atoms with van der Waals surface area (Å²) in [7, 11) is 0. The van der Waals surface area contributed by atoms with Crippen molar-refractivity contribution in [2.75, 3.05) is 23.0 Å². The van der Waals surface area contributed by atoms with E-state index in [1.54, 1.807) is 54.6 Å². The van der Waals surface area contributed by atoms with E-state index in [4.69, 9.17) is 16.3 Å². The highest BCUT2D eigenvalue weighted by molar-refractivity contribution is 8.00. The van der Waals surface area contributed by atoms with Gasteiger partial charge in [0.15, 0.2) is 5.13 Å². The lowest BCUT2D eigenvalue weighted by molar-refractivity contribution is -0.114. The van der Waals surface area contributed by atoms with Crippen molar-refractivity contribution in [2.45, 2.75) is 11.8 Å². The highest BCUT2D eigenvalue weighted by Crippen LogP contribution is 2.30. The summed E-state index contributed by atoms with van der Waals surface area (Å²) < 4.78 is 21.0. The summed E-state index contributed by atoms with van der Waals surface area (Å²) in [4.78, 5) is 43.9. The number of aromatic nitrogens is 1. The molecule has 0 saturated carbocycles. The molecular weight excluding hydrogens is 635 g/mol. The van der Waals surface area contributed by atoms with E-state index in [-0.39, 0.29) is 27.9 Å². The minimum absolute atomic E-state index is 0.0381. The van der Waals surface area contributed by atoms with Crippen LogP contribution < -0.4 is 20.7 Å². The van der Waals surface area contributed by atoms with Gasteiger partial charge in [-0.2, -0.15) is 0 Å². The second-order valence-electron chi connectivity index (χ2n) is 9.41. The van der Waals surface area contributed by atoms with Crippen molar-refractivity contribution in [3.05, 3.63) is 119 Å². The molecular formula is C33H26ClFN4O4S2. The number of fused-ring (bicyclic) bond motifs is 1. The summed E-state index contributed by atoms with van der Waals surface area (Å²) >= 11 is 8.86. The maximum Gasteiger partial charge on any atom is 0.272 e. The highest BCUT2D eigenvalue weighted by atomic mass is 35.5. The Morgan fingerprint density at radius 1 is 0.978 bits per heavy atom. The summed E-state index contributed by atoms with van der Waals surface area (Å²) in [5.74, 6) is -1.19. The summed E-state index contributed by atoms with van der Waals surface area (Å²) in [6, 6.07) is 24.9. The minimum Gasteiger partial charge on any atom is -0.494 e. The first-order valence-corrected chi connectivity index (χ1v) is 15.9. The number of carbonyl (C=O) groups excluding carboxylic acids is 3. The van der Waals surface area contributed by atoms with Crippen LogP contribution in [0.4, 0.5) is 15.2 Å². The predicted octanol–water partition coefficient (Wildman–Crippen LogP) is 7.63. The molecule has 0 unspecified atom stereocenters. The van der Waals surface area contributed by atoms with Crippen LogP contribution in [0.2, 0.25) is 5.02 Å². The van der Waals surface area contributed by atoms with Crippen LogP contribution in [-0.4, -0.2) is 35.1 Å². The standard InChI is InChI=1S/C33H26ClFN4O4S2/c1-2-43-22-13-16-27-29(17-22)45-33(38-27)39-30(40)19-44-23-14-11-21(12-15-23)36-32(42)28(18-24-25(34)9-6-10-26(24)35)37-31(41)20-7-4-3-5-8-20/h3-18H,2,19H2,1H3,(H,36,42)(H,37,41)(H,38,39,40)/b28-18-. The summed E-state index contributed by atoms with van der Waals surface area (Å²) in [5.41, 5.74) is 1.28. The van der Waals surface area contributed by atoms with Gasteiger partial charge in [0.2, 0.25) is 5.91 Å². The fraction of sp³-hybridized carbons (Fsp3) is 0.0909. The monoisotopic (exact) mass is 660 g/mol. The lowest BCUT2D eigenvalue weighted by atomic mass is 10.1. The number of rotatable bonds is 11. The zero-order valence-corrected chi connectivity index (χ0v) is 26.2. The van der Waals surface area contributed by atoms with Gasteiger partial charge in [0, 0.05) is 21.7 Å². The molecule has 4 aromatic carbocycles. The van der Waals surface area contributed by atoms with Crippen molar-refractivity contribution in [3.8, 4) is 5.75 Å². The largest absolute Gasteiger partial charge is 0.494 e. The third-order valence-corrected chi connectivity index (χ3v) is 8.49. The van der Waals surface area contributed by atoms with Crippen LogP contribution in [0.5, 0.6) is 5.75 Å². The van der Waals surface area contributed by atoms with Gasteiger partial charge >= 0.3 is 0 Å². The molecule has 5 rings (SSSR count). The predicted molar refractivity (Wildman–Crippen MR) is 179 cm³/mol. The Kier molecular flexibility index (Phi) is 10.5. The number of benzene rings is 4. The molecule has 0 aliphatic rings. The van der Waals surface area contributed by atoms with Crippen LogP contribution >= 0.6 is 34.7 Å². The lowest BCUT2D eigenvalue weighted by Crippen LogP contribution is -2.30. The van der Waals surface area contributed by atoms with E-state index >= 15 is 0 Å². The second-order valence-corrected chi connectivity index (χ2v) is 11.9. The fourth-order valence-corrected chi connectivity index (χ4v) is 5.91. The van der Waals surface area contributed by atoms with Crippen LogP contribution in [0, 0.1) is 5.82 Å². The number of nitrogens with one attached hydrogen (secondary N) is 3. The van der Waals surface area contributed by atoms with Crippen molar-refractivity contribution in [1.82, 2.24) is 10.3 Å². The topological polar surface area (TPSA) is 109 Å². The molecule has 0 radical (unpaired) electrons. The van der Waals surface area contributed by atoms with Gasteiger partial charge in [-0.25, -0.2) is 9.37 Å². The minimum atomic E-state index is -0.678. The van der Waals surface area contributed by atoms with Crippen molar-refractivity contribution in [3.63, 3.8) is 0 Å². The fourth-order valence-electron chi connectivity index (χ4n) is 4.09. The van der Waals surface area contributed by atoms with E-state index in [0.717, 1.165) is 20.9 Å². The van der Waals surface area contributed by atoms with Crippen molar-refractivity contribution in [1.29, 1.82) is 0 Å². The molecule has 1 aromatic heterocycles. The number of thiazole rings is 1. The van der Waals surface area contributed by atoms with E-state index < -0.39 is 17.6 Å². The molecule has 0 atom stereocenters. The summed E-state index contributed by atoms with van der Waals surface area (Å²) in [6.07, 6.45) is 1.19. The molecule has 3 N–H and O–H groups in total. The second kappa shape index (κ2) is 14.8. The van der Waals surface area contributed by atoms with E-state index in [1.807, 2.05) is 25.1 Å². The SMILES string of the molecule is CCOc1ccc2nc(NC(=O)CSc3ccc(NC(=O)/C(=C/c4c(F)cccc4Cl)NC(=O)c4ccccc4)cc3)sc2c1. The van der Waals surface area contributed by atoms with Crippen LogP contribution in [0.3, 0.4) is 0 Å². The van der Waals surface area contributed by atoms with Gasteiger partial charge in [-0.3, -0.25) is 14.4 Å². The Morgan fingerprint density at radius 3 is 2.49 bits per heavy atom. The molecule has 0 aliphatic heterocycles. The first-order chi connectivity index (χ1) is 21.8. The van der Waals surface area contributed by atoms with Gasteiger partial charge < -0.3 is 20.7 Å². The first-order valence-electron chi connectivity index (χ1n) is 13.7. The van der Waals surface area contributed by atoms with Crippen molar-refractivity contribution < 1.29 is 23.5 Å². The zero-order valence-electron chi connectivity index (χ0n) is 23.8. The number of halogens is 2. The number of hydrogen-bond donors (Lipinski definition) is 3. The van der Waals surface area contributed by atoms with Crippen LogP contribution in [-0.2, 0) is 9.59 Å². The van der Waals surface area contributed by atoms with Crippen molar-refractivity contribution in [2.24, 2.45) is 0 Å². The average Bonchev–Trinajstić information content (AvgIpc) is 3.44. The normalized spacial score (nSPS) is 11.2. The first kappa shape index (κ1) is 31.7. The van der Waals surface area contributed by atoms with Gasteiger partial charge in [-0.1, -0.05) is 47.2 Å². The van der Waals surface area contributed by atoms with Crippen molar-refractivity contribution >= 4 is 79.5 Å². The van der Waals surface area contributed by atoms with Gasteiger partial charge in [-0.15, -0.1) is 11.8 Å². The van der Waals surface area contributed by atoms with E-state index in [1.165, 1.54) is 47.4 Å². The molecule has 0 spiro atoms. The number of amides is 3. The summed E-state index contributed by atoms with van der Waals surface area (Å²) in [5, 5.41) is 8.69. The highest BCUT2D eigenvalue weighted by Gasteiger charge is 2.17. The smallest absolute Gasteiger partial charge is 0.272 e. The molecule has 0 saturated heterocycles. The Labute approximate surface area is 271 Å². The zero-order chi connectivity index (χ0) is 31.8. The molecule has 0 bridgehead atoms. The Morgan fingerprint density at radius 2 is 1.76 bits per heavy atom. The molecule has 228 valence electrons. The molecule has 0 fully saturated rings. The maximum absolute atomic E-state index is 14.5. The van der Waals surface area contributed by atoms with E-state index in [2.05, 4.69) is 20.9 Å². The van der Waals surface area contributed by atoms with Gasteiger partial charge in [0.1, 0.15) is 17.3 Å². The molecule has 0 aliphatic carbocycles. The molecule has 5 aromatic rings. The van der Waals surface area contributed by atoms with Crippen LogP contribution in [0.1, 0.15) is 22.8 Å². The Bertz CT molecular complexity index is 1860. The van der Waals surface area contributed by atoms with E-state index in [0.29, 0.717) is 23.0 Å². The van der Waals surface area contributed by atoms with Crippen LogP contribution in [0.25, 0.3) is 16.3 Å². The maximum atomic E-state index is 14.5. The molecule has 1 heterocycles. The average molecular weight is 661 g/mol. The molecule has 45 heavy (non-hydrogen) atoms. The Hall–Kier alpha value is -4.71. The van der Waals surface area contributed by atoms with Gasteiger partial charge in [-0.05, 0) is 79.7 Å². The Balaban J connectivity index is 1.22. The number of thioether (sulfide) groups is 1. The van der Waals surface area contributed by atoms with Crippen LogP contribution in [0.15, 0.2) is 102 Å². The number of nitrogens with zero attached hydrogens (tertiary/aromatic N) is 1. The number of hydrogen-bond acceptors (Lipinski definition) is 7. The van der Waals surface area contributed by atoms with Gasteiger partial charge in [0.05, 0.1) is 27.6 Å². The third-order valence-electron chi connectivity index (χ3n) is 6.22. The number of anilines is 2. The number of ether oxygens (including phenoxy) is 1. The third kappa shape index (κ3) is 8.48. The molecule has 12 heteroatoms. The van der Waals surface area contributed by atoms with Gasteiger partial charge in [0.25, 0.3) is 11.8 Å². The number of carbonyl (C=O) groups is 3. The summed E-state index contributed by atoms with van der Waals surface area (Å²) in [6.45, 7) is 2.48.